The number of likely N-dealkylation sites (tertiary alicyclic amines) is 1. The van der Waals surface area contributed by atoms with Crippen molar-refractivity contribution in [1.82, 2.24) is 15.0 Å². The summed E-state index contributed by atoms with van der Waals surface area (Å²) in [6.07, 6.45) is 2.59. The molecule has 0 amide bonds. The second-order valence-electron chi connectivity index (χ2n) is 5.79. The lowest BCUT2D eigenvalue weighted by Gasteiger charge is -2.31. The molecule has 1 N–H and O–H groups in total. The van der Waals surface area contributed by atoms with Gasteiger partial charge in [0.05, 0.1) is 13.2 Å². The minimum atomic E-state index is -0.791. The molecule has 0 radical (unpaired) electrons. The van der Waals surface area contributed by atoms with E-state index in [9.17, 15) is 9.90 Å². The number of hydrogen-bond donors (Lipinski definition) is 1. The number of ether oxygens (including phenoxy) is 1. The Morgan fingerprint density at radius 1 is 1.36 bits per heavy atom. The van der Waals surface area contributed by atoms with Crippen LogP contribution in [0.1, 0.15) is 32.1 Å². The number of carbonyl (C=O) groups is 1. The molecule has 1 unspecified atom stereocenters. The number of aliphatic carboxylic acids is 1. The number of aromatic nitrogens is 2. The van der Waals surface area contributed by atoms with E-state index in [4.69, 9.17) is 9.26 Å². The van der Waals surface area contributed by atoms with Crippen LogP contribution in [0.2, 0.25) is 0 Å². The summed E-state index contributed by atoms with van der Waals surface area (Å²) in [7, 11) is 0. The first kappa shape index (κ1) is 19.2. The van der Waals surface area contributed by atoms with Crippen molar-refractivity contribution < 1.29 is 19.2 Å². The van der Waals surface area contributed by atoms with Gasteiger partial charge in [0.1, 0.15) is 11.8 Å². The van der Waals surface area contributed by atoms with E-state index >= 15 is 0 Å². The molecular formula is C17H22ClN3O4. The zero-order chi connectivity index (χ0) is 16.9. The van der Waals surface area contributed by atoms with Gasteiger partial charge in [-0.15, -0.1) is 12.4 Å². The van der Waals surface area contributed by atoms with Gasteiger partial charge in [0.15, 0.2) is 0 Å². The van der Waals surface area contributed by atoms with E-state index in [0.29, 0.717) is 31.3 Å². The molecule has 1 fully saturated rings. The standard InChI is InChI=1S/C17H21N3O4.ClH/c1-2-23-13-8-6-12(7-9-13)16-18-15(24-19-16)11-20-10-4-3-5-14(20)17(21)22;/h6-9,14H,2-5,10-11H2,1H3,(H,21,22);1H. The second-order valence-corrected chi connectivity index (χ2v) is 5.79. The summed E-state index contributed by atoms with van der Waals surface area (Å²) >= 11 is 0. The summed E-state index contributed by atoms with van der Waals surface area (Å²) < 4.78 is 10.7. The van der Waals surface area contributed by atoms with Crippen LogP contribution in [-0.4, -0.2) is 45.3 Å². The van der Waals surface area contributed by atoms with E-state index in [-0.39, 0.29) is 12.4 Å². The van der Waals surface area contributed by atoms with E-state index in [1.54, 1.807) is 0 Å². The van der Waals surface area contributed by atoms with E-state index in [0.717, 1.165) is 30.7 Å². The van der Waals surface area contributed by atoms with Crippen LogP contribution < -0.4 is 4.74 Å². The number of rotatable bonds is 6. The Morgan fingerprint density at radius 3 is 2.80 bits per heavy atom. The fourth-order valence-electron chi connectivity index (χ4n) is 2.94. The van der Waals surface area contributed by atoms with Crippen LogP contribution in [0.3, 0.4) is 0 Å². The zero-order valence-electron chi connectivity index (χ0n) is 14.1. The Kier molecular flexibility index (Phi) is 6.78. The van der Waals surface area contributed by atoms with Crippen LogP contribution in [0.25, 0.3) is 11.4 Å². The first-order valence-electron chi connectivity index (χ1n) is 8.20. The van der Waals surface area contributed by atoms with E-state index in [1.807, 2.05) is 36.1 Å². The highest BCUT2D eigenvalue weighted by atomic mass is 35.5. The molecule has 0 saturated carbocycles. The van der Waals surface area contributed by atoms with Crippen molar-refractivity contribution >= 4 is 18.4 Å². The number of nitrogens with zero attached hydrogens (tertiary/aromatic N) is 3. The van der Waals surface area contributed by atoms with Gasteiger partial charge in [0.2, 0.25) is 11.7 Å². The highest BCUT2D eigenvalue weighted by Gasteiger charge is 2.29. The van der Waals surface area contributed by atoms with Gasteiger partial charge in [0, 0.05) is 5.56 Å². The molecule has 0 aliphatic carbocycles. The van der Waals surface area contributed by atoms with E-state index in [1.165, 1.54) is 0 Å². The van der Waals surface area contributed by atoms with Crippen molar-refractivity contribution in [1.29, 1.82) is 0 Å². The smallest absolute Gasteiger partial charge is 0.320 e. The third kappa shape index (κ3) is 4.70. The third-order valence-electron chi connectivity index (χ3n) is 4.13. The molecule has 2 heterocycles. The summed E-state index contributed by atoms with van der Waals surface area (Å²) in [5, 5.41) is 13.3. The van der Waals surface area contributed by atoms with Crippen molar-refractivity contribution in [3.05, 3.63) is 30.2 Å². The predicted octanol–water partition coefficient (Wildman–Crippen LogP) is 3.00. The first-order valence-corrected chi connectivity index (χ1v) is 8.20. The maximum Gasteiger partial charge on any atom is 0.320 e. The number of carboxylic acids is 1. The molecule has 1 aromatic carbocycles. The first-order chi connectivity index (χ1) is 11.7. The van der Waals surface area contributed by atoms with Crippen LogP contribution in [0.4, 0.5) is 0 Å². The predicted molar refractivity (Wildman–Crippen MR) is 93.8 cm³/mol. The van der Waals surface area contributed by atoms with E-state index in [2.05, 4.69) is 10.1 Å². The van der Waals surface area contributed by atoms with Gasteiger partial charge in [-0.2, -0.15) is 4.98 Å². The third-order valence-corrected chi connectivity index (χ3v) is 4.13. The fraction of sp³-hybridized carbons (Fsp3) is 0.471. The molecule has 3 rings (SSSR count). The number of piperidine rings is 1. The highest BCUT2D eigenvalue weighted by molar-refractivity contribution is 5.85. The molecule has 0 spiro atoms. The topological polar surface area (TPSA) is 88.7 Å². The van der Waals surface area contributed by atoms with Crippen LogP contribution >= 0.6 is 12.4 Å². The Morgan fingerprint density at radius 2 is 2.12 bits per heavy atom. The lowest BCUT2D eigenvalue weighted by Crippen LogP contribution is -2.44. The monoisotopic (exact) mass is 367 g/mol. The number of benzene rings is 1. The summed E-state index contributed by atoms with van der Waals surface area (Å²) in [6, 6.07) is 7.00. The Bertz CT molecular complexity index is 689. The van der Waals surface area contributed by atoms with Crippen molar-refractivity contribution in [2.45, 2.75) is 38.8 Å². The lowest BCUT2D eigenvalue weighted by atomic mass is 10.0. The zero-order valence-corrected chi connectivity index (χ0v) is 14.9. The molecule has 1 aliphatic heterocycles. The van der Waals surface area contributed by atoms with Gasteiger partial charge < -0.3 is 14.4 Å². The molecule has 7 nitrogen and oxygen atoms in total. The highest BCUT2D eigenvalue weighted by Crippen LogP contribution is 2.22. The Hall–Kier alpha value is -2.12. The molecule has 1 aromatic heterocycles. The summed E-state index contributed by atoms with van der Waals surface area (Å²) in [4.78, 5) is 17.6. The minimum Gasteiger partial charge on any atom is -0.494 e. The molecule has 1 saturated heterocycles. The largest absolute Gasteiger partial charge is 0.494 e. The van der Waals surface area contributed by atoms with Crippen molar-refractivity contribution in [2.75, 3.05) is 13.2 Å². The maximum atomic E-state index is 11.3. The average Bonchev–Trinajstić information content (AvgIpc) is 3.05. The van der Waals surface area contributed by atoms with Gasteiger partial charge in [-0.25, -0.2) is 0 Å². The minimum absolute atomic E-state index is 0. The van der Waals surface area contributed by atoms with Crippen LogP contribution in [-0.2, 0) is 11.3 Å². The van der Waals surface area contributed by atoms with Gasteiger partial charge >= 0.3 is 5.97 Å². The van der Waals surface area contributed by atoms with Crippen LogP contribution in [0.15, 0.2) is 28.8 Å². The van der Waals surface area contributed by atoms with Crippen molar-refractivity contribution in [3.8, 4) is 17.1 Å². The molecule has 2 aromatic rings. The maximum absolute atomic E-state index is 11.3. The number of halogens is 1. The summed E-state index contributed by atoms with van der Waals surface area (Å²) in [5.41, 5.74) is 0.835. The Balaban J connectivity index is 0.00000225. The Labute approximate surface area is 152 Å². The normalized spacial score (nSPS) is 17.7. The van der Waals surface area contributed by atoms with E-state index < -0.39 is 12.0 Å². The molecule has 1 aliphatic rings. The number of hydrogen-bond acceptors (Lipinski definition) is 6. The van der Waals surface area contributed by atoms with Gasteiger partial charge in [-0.1, -0.05) is 11.6 Å². The molecular weight excluding hydrogens is 346 g/mol. The molecule has 1 atom stereocenters. The van der Waals surface area contributed by atoms with Gasteiger partial charge in [-0.05, 0) is 50.6 Å². The summed E-state index contributed by atoms with van der Waals surface area (Å²) in [6.45, 7) is 3.65. The van der Waals surface area contributed by atoms with Crippen molar-refractivity contribution in [2.24, 2.45) is 0 Å². The quantitative estimate of drug-likeness (QED) is 0.839. The fourth-order valence-corrected chi connectivity index (χ4v) is 2.94. The molecule has 0 bridgehead atoms. The van der Waals surface area contributed by atoms with Crippen molar-refractivity contribution in [3.63, 3.8) is 0 Å². The number of carboxylic acid groups (broad SMARTS) is 1. The summed E-state index contributed by atoms with van der Waals surface area (Å²) in [5.74, 6) is 0.938. The van der Waals surface area contributed by atoms with Gasteiger partial charge in [0.25, 0.3) is 0 Å². The SMILES string of the molecule is CCOc1ccc(-c2noc(CN3CCCCC3C(=O)O)n2)cc1.Cl. The molecule has 136 valence electrons. The second kappa shape index (κ2) is 8.82. The van der Waals surface area contributed by atoms with Crippen LogP contribution in [0.5, 0.6) is 5.75 Å². The lowest BCUT2D eigenvalue weighted by molar-refractivity contribution is -0.145. The van der Waals surface area contributed by atoms with Crippen LogP contribution in [0, 0.1) is 0 Å². The van der Waals surface area contributed by atoms with Gasteiger partial charge in [-0.3, -0.25) is 9.69 Å². The molecule has 8 heteroatoms. The molecule has 25 heavy (non-hydrogen) atoms. The average molecular weight is 368 g/mol.